The molecule has 4 rings (SSSR count). The van der Waals surface area contributed by atoms with Gasteiger partial charge in [-0.1, -0.05) is 42.5 Å². The number of carbonyl (C=O) groups excluding carboxylic acids is 4. The van der Waals surface area contributed by atoms with E-state index in [-0.39, 0.29) is 135 Å². The monoisotopic (exact) mass is 997 g/mol. The topological polar surface area (TPSA) is 328 Å². The molecule has 0 radical (unpaired) electrons. The highest BCUT2D eigenvalue weighted by atomic mass is 32.1. The van der Waals surface area contributed by atoms with Crippen LogP contribution in [0.15, 0.2) is 54.6 Å². The van der Waals surface area contributed by atoms with Crippen LogP contribution >= 0.6 is 11.3 Å². The number of hydrogen-bond acceptors (Lipinski definition) is 14. The van der Waals surface area contributed by atoms with E-state index in [0.29, 0.717) is 17.7 Å². The zero-order chi connectivity index (χ0) is 51.0. The second-order valence-corrected chi connectivity index (χ2v) is 18.0. The van der Waals surface area contributed by atoms with Crippen LogP contribution in [0.25, 0.3) is 10.8 Å². The first kappa shape index (κ1) is 55.9. The lowest BCUT2D eigenvalue weighted by Gasteiger charge is -2.32. The molecule has 70 heavy (non-hydrogen) atoms. The third kappa shape index (κ3) is 21.3. The summed E-state index contributed by atoms with van der Waals surface area (Å²) in [6.45, 7) is 1.27. The number of thiophene rings is 1. The van der Waals surface area contributed by atoms with Gasteiger partial charge >= 0.3 is 35.9 Å². The fraction of sp³-hybridized carbons (Fsp3) is 0.500. The molecule has 2 atom stereocenters. The van der Waals surface area contributed by atoms with E-state index in [2.05, 4.69) is 26.6 Å². The molecule has 1 fully saturated rings. The fourth-order valence-electron chi connectivity index (χ4n) is 7.58. The molecule has 0 aliphatic carbocycles. The van der Waals surface area contributed by atoms with E-state index < -0.39 is 59.8 Å². The van der Waals surface area contributed by atoms with Crippen LogP contribution in [0, 0.1) is 0 Å². The Morgan fingerprint density at radius 1 is 0.557 bits per heavy atom. The maximum Gasteiger partial charge on any atom is 0.326 e. The van der Waals surface area contributed by atoms with E-state index in [9.17, 15) is 63.6 Å². The minimum absolute atomic E-state index is 0.0567. The van der Waals surface area contributed by atoms with Crippen molar-refractivity contribution in [2.45, 2.75) is 57.2 Å². The van der Waals surface area contributed by atoms with Gasteiger partial charge in [-0.05, 0) is 54.2 Å². The highest BCUT2D eigenvalue weighted by Gasteiger charge is 2.25. The number of nitrogens with zero attached hydrogens (tertiary/aromatic N) is 4. The van der Waals surface area contributed by atoms with Crippen molar-refractivity contribution >= 4 is 75.7 Å². The Balaban J connectivity index is 1.35. The van der Waals surface area contributed by atoms with E-state index >= 15 is 0 Å². The molecule has 0 unspecified atom stereocenters. The summed E-state index contributed by atoms with van der Waals surface area (Å²) in [5, 5.41) is 62.1. The number of aliphatic carboxylic acids is 5. The van der Waals surface area contributed by atoms with Gasteiger partial charge in [-0.25, -0.2) is 9.59 Å². The Morgan fingerprint density at radius 2 is 1.11 bits per heavy atom. The molecule has 3 aromatic rings. The zero-order valence-electron chi connectivity index (χ0n) is 38.8. The lowest BCUT2D eigenvalue weighted by Crippen LogP contribution is -2.49. The number of carboxylic acids is 5. The van der Waals surface area contributed by atoms with Gasteiger partial charge in [0.1, 0.15) is 12.1 Å². The lowest BCUT2D eigenvalue weighted by molar-refractivity contribution is -0.140. The third-order valence-electron chi connectivity index (χ3n) is 11.3. The van der Waals surface area contributed by atoms with Gasteiger partial charge < -0.3 is 52.1 Å². The number of hydrogen-bond donors (Lipinski definition) is 10. The molecule has 2 heterocycles. The standard InChI is InChI=1S/C46H63N9O14S/c56-38(27-52-16-18-53(28-40(59)60)20-22-55(30-42(63)64)23-21-54(19-17-52)29-41(61)62)49-26-34-12-13-37(70-34)44(66)50-36(25-31-10-11-32-6-1-2-7-33(32)24-31)43(65)47-14-4-3-8-35(45(67)68)51-46(69)48-15-5-9-39(57)58/h1-2,6-7,10-13,24,35-36H,3-5,8-9,14-23,25-30H2,(H,47,65)(H,49,56)(H,50,66)(H,57,58)(H,59,60)(H,61,62)(H,63,64)(H,67,68)(H2,48,51,69)/t35-,36-/m0/s1. The molecule has 5 amide bonds. The molecule has 382 valence electrons. The molecule has 2 aromatic carbocycles. The maximum atomic E-state index is 13.7. The van der Waals surface area contributed by atoms with Gasteiger partial charge in [0.25, 0.3) is 5.91 Å². The highest BCUT2D eigenvalue weighted by Crippen LogP contribution is 2.19. The maximum absolute atomic E-state index is 13.7. The van der Waals surface area contributed by atoms with Crippen molar-refractivity contribution < 1.29 is 68.7 Å². The first-order valence-corrected chi connectivity index (χ1v) is 23.7. The average molecular weight is 998 g/mol. The van der Waals surface area contributed by atoms with Gasteiger partial charge in [0.15, 0.2) is 0 Å². The summed E-state index contributed by atoms with van der Waals surface area (Å²) < 4.78 is 0. The number of benzene rings is 2. The molecule has 1 aliphatic rings. The van der Waals surface area contributed by atoms with Gasteiger partial charge in [-0.2, -0.15) is 0 Å². The van der Waals surface area contributed by atoms with Crippen molar-refractivity contribution in [3.63, 3.8) is 0 Å². The summed E-state index contributed by atoms with van der Waals surface area (Å²) >= 11 is 1.12. The average Bonchev–Trinajstić information content (AvgIpc) is 3.78. The van der Waals surface area contributed by atoms with Crippen molar-refractivity contribution in [3.05, 3.63) is 69.9 Å². The van der Waals surface area contributed by atoms with Crippen molar-refractivity contribution in [1.82, 2.24) is 46.2 Å². The molecular formula is C46H63N9O14S. The lowest BCUT2D eigenvalue weighted by atomic mass is 10.0. The number of carbonyl (C=O) groups is 9. The summed E-state index contributed by atoms with van der Waals surface area (Å²) in [6, 6.07) is 13.7. The summed E-state index contributed by atoms with van der Waals surface area (Å²) in [5.41, 5.74) is 0.786. The van der Waals surface area contributed by atoms with E-state index in [0.717, 1.165) is 27.7 Å². The van der Waals surface area contributed by atoms with Crippen molar-refractivity contribution in [1.29, 1.82) is 0 Å². The van der Waals surface area contributed by atoms with E-state index in [1.807, 2.05) is 42.5 Å². The number of fused-ring (bicyclic) bond motifs is 1. The molecular weight excluding hydrogens is 935 g/mol. The molecule has 10 N–H and O–H groups in total. The van der Waals surface area contributed by atoms with Crippen LogP contribution in [0.4, 0.5) is 4.79 Å². The smallest absolute Gasteiger partial charge is 0.326 e. The van der Waals surface area contributed by atoms with Crippen LogP contribution in [0.1, 0.15) is 52.2 Å². The van der Waals surface area contributed by atoms with Crippen molar-refractivity contribution in [2.75, 3.05) is 91.6 Å². The molecule has 1 aromatic heterocycles. The van der Waals surface area contributed by atoms with Gasteiger partial charge in [0.2, 0.25) is 11.8 Å². The number of urea groups is 1. The van der Waals surface area contributed by atoms with E-state index in [1.165, 1.54) is 0 Å². The summed E-state index contributed by atoms with van der Waals surface area (Å²) in [4.78, 5) is 118. The number of amides is 5. The Hall–Kier alpha value is -6.73. The minimum Gasteiger partial charge on any atom is -0.481 e. The molecule has 0 saturated carbocycles. The third-order valence-corrected chi connectivity index (χ3v) is 12.4. The molecule has 0 bridgehead atoms. The molecule has 1 saturated heterocycles. The van der Waals surface area contributed by atoms with E-state index in [1.54, 1.807) is 31.7 Å². The largest absolute Gasteiger partial charge is 0.481 e. The molecule has 24 heteroatoms. The van der Waals surface area contributed by atoms with Crippen LogP contribution in [0.3, 0.4) is 0 Å². The fourth-order valence-corrected chi connectivity index (χ4v) is 8.43. The van der Waals surface area contributed by atoms with Crippen LogP contribution in [0.2, 0.25) is 0 Å². The van der Waals surface area contributed by atoms with Crippen LogP contribution < -0.4 is 26.6 Å². The first-order chi connectivity index (χ1) is 33.4. The molecule has 1 aliphatic heterocycles. The van der Waals surface area contributed by atoms with Crippen LogP contribution in [-0.4, -0.2) is 202 Å². The molecule has 23 nitrogen and oxygen atoms in total. The number of carboxylic acid groups (broad SMARTS) is 5. The van der Waals surface area contributed by atoms with Gasteiger partial charge in [-0.3, -0.25) is 53.2 Å². The number of unbranched alkanes of at least 4 members (excludes halogenated alkanes) is 1. The number of rotatable bonds is 26. The minimum atomic E-state index is -1.25. The van der Waals surface area contributed by atoms with Crippen LogP contribution in [-0.2, 0) is 46.5 Å². The zero-order valence-corrected chi connectivity index (χ0v) is 39.6. The Morgan fingerprint density at radius 3 is 1.67 bits per heavy atom. The van der Waals surface area contributed by atoms with Gasteiger partial charge in [0, 0.05) is 83.2 Å². The van der Waals surface area contributed by atoms with Crippen molar-refractivity contribution in [2.24, 2.45) is 0 Å². The second kappa shape index (κ2) is 29.3. The Labute approximate surface area is 408 Å². The first-order valence-electron chi connectivity index (χ1n) is 22.9. The Kier molecular flexibility index (Phi) is 23.4. The normalized spacial score (nSPS) is 15.3. The highest BCUT2D eigenvalue weighted by molar-refractivity contribution is 7.14. The Bertz CT molecular complexity index is 2250. The van der Waals surface area contributed by atoms with Crippen LogP contribution in [0.5, 0.6) is 0 Å². The van der Waals surface area contributed by atoms with Gasteiger partial charge in [0.05, 0.1) is 37.6 Å². The molecule has 0 spiro atoms. The summed E-state index contributed by atoms with van der Waals surface area (Å²) in [6.07, 6.45) is 0.907. The summed E-state index contributed by atoms with van der Waals surface area (Å²) in [5.74, 6) is -6.82. The SMILES string of the molecule is O=C(O)CCCNC(=O)N[C@@H](CCCCNC(=O)[C@H](Cc1ccc2ccccc2c1)NC(=O)c1ccc(CNC(=O)CN2CCN(CC(=O)O)CCN(CC(=O)O)CCN(CC(=O)O)CC2)s1)C(=O)O. The second-order valence-electron chi connectivity index (χ2n) is 16.8. The quantitative estimate of drug-likeness (QED) is 0.0482. The van der Waals surface area contributed by atoms with Gasteiger partial charge in [-0.15, -0.1) is 11.3 Å². The number of nitrogens with one attached hydrogen (secondary N) is 5. The summed E-state index contributed by atoms with van der Waals surface area (Å²) in [7, 11) is 0. The van der Waals surface area contributed by atoms with Crippen molar-refractivity contribution in [3.8, 4) is 0 Å². The predicted octanol–water partition coefficient (Wildman–Crippen LogP) is 0.238. The predicted molar refractivity (Wildman–Crippen MR) is 255 cm³/mol. The van der Waals surface area contributed by atoms with E-state index in [4.69, 9.17) is 5.11 Å².